The number of benzene rings is 2. The number of ether oxygens (including phenoxy) is 2. The third-order valence-corrected chi connectivity index (χ3v) is 4.10. The van der Waals surface area contributed by atoms with Crippen molar-refractivity contribution in [2.45, 2.75) is 6.42 Å². The highest BCUT2D eigenvalue weighted by atomic mass is 16.5. The first-order chi connectivity index (χ1) is 14.1. The van der Waals surface area contributed by atoms with Gasteiger partial charge in [-0.25, -0.2) is 0 Å². The van der Waals surface area contributed by atoms with E-state index in [1.807, 2.05) is 0 Å². The van der Waals surface area contributed by atoms with Crippen LogP contribution in [0.25, 0.3) is 0 Å². The van der Waals surface area contributed by atoms with Crippen molar-refractivity contribution >= 4 is 11.6 Å². The van der Waals surface area contributed by atoms with Gasteiger partial charge >= 0.3 is 0 Å². The Morgan fingerprint density at radius 3 is 1.45 bits per heavy atom. The molecule has 2 N–H and O–H groups in total. The molecule has 152 valence electrons. The first-order valence-corrected chi connectivity index (χ1v) is 9.30. The van der Waals surface area contributed by atoms with Gasteiger partial charge in [-0.3, -0.25) is 9.59 Å². The average Bonchev–Trinajstić information content (AvgIpc) is 2.77. The number of methoxy groups -OCH3 is 2. The van der Waals surface area contributed by atoms with Gasteiger partial charge in [0.1, 0.15) is 11.5 Å². The molecular formula is C23H26N2O4. The second-order valence-corrected chi connectivity index (χ2v) is 6.11. The van der Waals surface area contributed by atoms with Crippen molar-refractivity contribution in [1.29, 1.82) is 0 Å². The van der Waals surface area contributed by atoms with E-state index in [1.54, 1.807) is 75.2 Å². The monoisotopic (exact) mass is 394 g/mol. The molecule has 0 aliphatic heterocycles. The zero-order chi connectivity index (χ0) is 20.9. The highest BCUT2D eigenvalue weighted by Crippen LogP contribution is 2.12. The number of hydrogen-bond donors (Lipinski definition) is 2. The highest BCUT2D eigenvalue weighted by Gasteiger charge is 2.02. The van der Waals surface area contributed by atoms with Crippen LogP contribution in [-0.4, -0.2) is 38.9 Å². The van der Waals surface area contributed by atoms with Crippen LogP contribution in [0.2, 0.25) is 0 Å². The molecule has 0 radical (unpaired) electrons. The van der Waals surface area contributed by atoms with Gasteiger partial charge in [-0.2, -0.15) is 0 Å². The van der Waals surface area contributed by atoms with Crippen molar-refractivity contribution in [3.63, 3.8) is 0 Å². The first kappa shape index (κ1) is 21.8. The lowest BCUT2D eigenvalue weighted by Gasteiger charge is -2.02. The Kier molecular flexibility index (Phi) is 9.02. The predicted molar refractivity (Wildman–Crippen MR) is 114 cm³/mol. The van der Waals surface area contributed by atoms with Crippen LogP contribution in [0.15, 0.2) is 73.1 Å². The van der Waals surface area contributed by atoms with Gasteiger partial charge in [-0.15, -0.1) is 0 Å². The number of carbonyl (C=O) groups is 2. The van der Waals surface area contributed by atoms with Crippen molar-refractivity contribution in [3.8, 4) is 11.5 Å². The lowest BCUT2D eigenvalue weighted by Crippen LogP contribution is -2.15. The van der Waals surface area contributed by atoms with Crippen LogP contribution in [-0.2, 0) is 0 Å². The van der Waals surface area contributed by atoms with Gasteiger partial charge in [-0.1, -0.05) is 0 Å². The van der Waals surface area contributed by atoms with Crippen LogP contribution >= 0.6 is 0 Å². The van der Waals surface area contributed by atoms with Crippen molar-refractivity contribution in [2.24, 2.45) is 0 Å². The Bertz CT molecular complexity index is 769. The number of rotatable bonds is 12. The van der Waals surface area contributed by atoms with E-state index in [0.717, 1.165) is 17.9 Å². The maximum atomic E-state index is 12.0. The quantitative estimate of drug-likeness (QED) is 0.327. The molecule has 0 unspecified atom stereocenters. The molecule has 0 aliphatic carbocycles. The van der Waals surface area contributed by atoms with Gasteiger partial charge in [0.05, 0.1) is 14.2 Å². The maximum absolute atomic E-state index is 12.0. The van der Waals surface area contributed by atoms with Gasteiger partial charge in [0.25, 0.3) is 0 Å². The molecule has 0 atom stereocenters. The number of ketones is 2. The summed E-state index contributed by atoms with van der Waals surface area (Å²) in [6, 6.07) is 14.0. The molecule has 0 amide bonds. The molecule has 0 spiro atoms. The molecule has 0 heterocycles. The summed E-state index contributed by atoms with van der Waals surface area (Å²) in [5, 5.41) is 6.15. The first-order valence-electron chi connectivity index (χ1n) is 9.30. The molecule has 0 bridgehead atoms. The van der Waals surface area contributed by atoms with Gasteiger partial charge in [0.15, 0.2) is 11.6 Å². The minimum atomic E-state index is -0.0711. The molecule has 0 saturated heterocycles. The number of nitrogens with one attached hydrogen (secondary N) is 2. The SMILES string of the molecule is COc1ccc(C(=O)C=CNCCCNC=CC(=O)c2ccc(OC)cc2)cc1. The molecule has 6 nitrogen and oxygen atoms in total. The minimum absolute atomic E-state index is 0.0711. The van der Waals surface area contributed by atoms with E-state index in [2.05, 4.69) is 10.6 Å². The van der Waals surface area contributed by atoms with E-state index in [0.29, 0.717) is 24.2 Å². The normalized spacial score (nSPS) is 10.8. The summed E-state index contributed by atoms with van der Waals surface area (Å²) in [6.07, 6.45) is 7.14. The largest absolute Gasteiger partial charge is 0.497 e. The van der Waals surface area contributed by atoms with Gasteiger partial charge in [-0.05, 0) is 55.0 Å². The van der Waals surface area contributed by atoms with E-state index in [9.17, 15) is 9.59 Å². The van der Waals surface area contributed by atoms with Crippen LogP contribution < -0.4 is 20.1 Å². The minimum Gasteiger partial charge on any atom is -0.497 e. The third kappa shape index (κ3) is 7.54. The standard InChI is InChI=1S/C23H26N2O4/c1-28-20-8-4-18(5-9-20)22(26)12-16-24-14-3-15-25-17-13-23(27)19-6-10-21(29-2)11-7-19/h4-13,16-17,24-25H,3,14-15H2,1-2H3. The second-order valence-electron chi connectivity index (χ2n) is 6.11. The van der Waals surface area contributed by atoms with Crippen LogP contribution in [0.1, 0.15) is 27.1 Å². The third-order valence-electron chi connectivity index (χ3n) is 4.10. The van der Waals surface area contributed by atoms with E-state index in [1.165, 1.54) is 12.2 Å². The summed E-state index contributed by atoms with van der Waals surface area (Å²) >= 11 is 0. The molecule has 6 heteroatoms. The summed E-state index contributed by atoms with van der Waals surface area (Å²) in [5.41, 5.74) is 1.22. The molecule has 2 aromatic carbocycles. The Labute approximate surface area is 171 Å². The van der Waals surface area contributed by atoms with Crippen LogP contribution in [0.3, 0.4) is 0 Å². The fraction of sp³-hybridized carbons (Fsp3) is 0.217. The Morgan fingerprint density at radius 1 is 0.724 bits per heavy atom. The zero-order valence-corrected chi connectivity index (χ0v) is 16.7. The molecule has 2 rings (SSSR count). The average molecular weight is 394 g/mol. The highest BCUT2D eigenvalue weighted by molar-refractivity contribution is 6.04. The summed E-state index contributed by atoms with van der Waals surface area (Å²) < 4.78 is 10.1. The molecule has 0 aliphatic rings. The Balaban J connectivity index is 1.60. The summed E-state index contributed by atoms with van der Waals surface area (Å²) in [7, 11) is 3.17. The van der Waals surface area contributed by atoms with Gasteiger partial charge in [0.2, 0.25) is 0 Å². The Hall–Kier alpha value is -3.54. The summed E-state index contributed by atoms with van der Waals surface area (Å²) in [5.74, 6) is 1.29. The van der Waals surface area contributed by atoms with Crippen LogP contribution in [0.4, 0.5) is 0 Å². The molecule has 2 aromatic rings. The molecule has 0 saturated carbocycles. The smallest absolute Gasteiger partial charge is 0.187 e. The molecule has 0 fully saturated rings. The maximum Gasteiger partial charge on any atom is 0.187 e. The lowest BCUT2D eigenvalue weighted by atomic mass is 10.1. The Morgan fingerprint density at radius 2 is 1.10 bits per heavy atom. The van der Waals surface area contributed by atoms with E-state index in [-0.39, 0.29) is 11.6 Å². The second kappa shape index (κ2) is 12.0. The molecule has 0 aromatic heterocycles. The van der Waals surface area contributed by atoms with Crippen molar-refractivity contribution in [2.75, 3.05) is 27.3 Å². The topological polar surface area (TPSA) is 76.7 Å². The van der Waals surface area contributed by atoms with Crippen LogP contribution in [0.5, 0.6) is 11.5 Å². The van der Waals surface area contributed by atoms with E-state index < -0.39 is 0 Å². The van der Waals surface area contributed by atoms with E-state index in [4.69, 9.17) is 9.47 Å². The number of hydrogen-bond acceptors (Lipinski definition) is 6. The molecular weight excluding hydrogens is 368 g/mol. The van der Waals surface area contributed by atoms with Crippen molar-refractivity contribution < 1.29 is 19.1 Å². The molecule has 29 heavy (non-hydrogen) atoms. The van der Waals surface area contributed by atoms with Crippen LogP contribution in [0, 0.1) is 0 Å². The predicted octanol–water partition coefficient (Wildman–Crippen LogP) is 3.37. The number of carbonyl (C=O) groups excluding carboxylic acids is 2. The zero-order valence-electron chi connectivity index (χ0n) is 16.7. The van der Waals surface area contributed by atoms with E-state index >= 15 is 0 Å². The fourth-order valence-electron chi connectivity index (χ4n) is 2.43. The van der Waals surface area contributed by atoms with Crippen molar-refractivity contribution in [1.82, 2.24) is 10.6 Å². The van der Waals surface area contributed by atoms with Gasteiger partial charge in [0, 0.05) is 48.8 Å². The number of allylic oxidation sites excluding steroid dienone is 2. The van der Waals surface area contributed by atoms with Crippen molar-refractivity contribution in [3.05, 3.63) is 84.2 Å². The van der Waals surface area contributed by atoms with Gasteiger partial charge < -0.3 is 20.1 Å². The summed E-state index contributed by atoms with van der Waals surface area (Å²) in [6.45, 7) is 1.42. The fourth-order valence-corrected chi connectivity index (χ4v) is 2.43. The summed E-state index contributed by atoms with van der Waals surface area (Å²) in [4.78, 5) is 24.0. The lowest BCUT2D eigenvalue weighted by molar-refractivity contribution is 0.103.